The first-order chi connectivity index (χ1) is 6.58. The molecule has 0 fully saturated rings. The van der Waals surface area contributed by atoms with Gasteiger partial charge in [-0.2, -0.15) is 0 Å². The van der Waals surface area contributed by atoms with Crippen molar-refractivity contribution in [2.24, 2.45) is 0 Å². The van der Waals surface area contributed by atoms with Gasteiger partial charge in [0.05, 0.1) is 4.34 Å². The fourth-order valence-corrected chi connectivity index (χ4v) is 2.79. The van der Waals surface area contributed by atoms with Gasteiger partial charge in [-0.15, -0.1) is 11.3 Å². The SMILES string of the molecule is OB(O)c1cc(Cl)c2cc(Cl)sc2c1. The lowest BCUT2D eigenvalue weighted by atomic mass is 9.80. The molecule has 0 bridgehead atoms. The summed E-state index contributed by atoms with van der Waals surface area (Å²) in [4.78, 5) is 0. The summed E-state index contributed by atoms with van der Waals surface area (Å²) in [5.41, 5.74) is 0.376. The molecule has 2 N–H and O–H groups in total. The maximum atomic E-state index is 8.98. The Balaban J connectivity index is 2.71. The van der Waals surface area contributed by atoms with E-state index in [9.17, 15) is 0 Å². The minimum absolute atomic E-state index is 0.376. The van der Waals surface area contributed by atoms with E-state index in [1.807, 2.05) is 0 Å². The Kier molecular flexibility index (Phi) is 2.73. The van der Waals surface area contributed by atoms with Crippen LogP contribution in [0.4, 0.5) is 0 Å². The van der Waals surface area contributed by atoms with Crippen LogP contribution >= 0.6 is 34.5 Å². The third kappa shape index (κ3) is 1.76. The van der Waals surface area contributed by atoms with Crippen molar-refractivity contribution in [1.29, 1.82) is 0 Å². The highest BCUT2D eigenvalue weighted by Gasteiger charge is 2.14. The van der Waals surface area contributed by atoms with Gasteiger partial charge in [0.2, 0.25) is 0 Å². The van der Waals surface area contributed by atoms with Crippen LogP contribution in [-0.2, 0) is 0 Å². The highest BCUT2D eigenvalue weighted by Crippen LogP contribution is 2.33. The van der Waals surface area contributed by atoms with Crippen molar-refractivity contribution >= 4 is 57.2 Å². The Bertz CT molecular complexity index is 483. The molecule has 1 aromatic heterocycles. The summed E-state index contributed by atoms with van der Waals surface area (Å²) in [7, 11) is -1.50. The topological polar surface area (TPSA) is 40.5 Å². The molecule has 0 saturated heterocycles. The van der Waals surface area contributed by atoms with Crippen molar-refractivity contribution in [1.82, 2.24) is 0 Å². The maximum absolute atomic E-state index is 8.98. The first-order valence-corrected chi connectivity index (χ1v) is 5.40. The molecule has 72 valence electrons. The van der Waals surface area contributed by atoms with Gasteiger partial charge in [0, 0.05) is 15.1 Å². The number of benzene rings is 1. The normalized spacial score (nSPS) is 10.9. The van der Waals surface area contributed by atoms with Crippen LogP contribution in [-0.4, -0.2) is 17.2 Å². The second-order valence-electron chi connectivity index (χ2n) is 2.84. The van der Waals surface area contributed by atoms with Crippen LogP contribution in [0.1, 0.15) is 0 Å². The Morgan fingerprint density at radius 2 is 1.86 bits per heavy atom. The molecular formula is C8H5BCl2O2S. The van der Waals surface area contributed by atoms with Crippen molar-refractivity contribution < 1.29 is 10.0 Å². The summed E-state index contributed by atoms with van der Waals surface area (Å²) in [5, 5.41) is 19.3. The summed E-state index contributed by atoms with van der Waals surface area (Å²) >= 11 is 13.1. The Hall–Kier alpha value is -0.255. The number of hydrogen-bond acceptors (Lipinski definition) is 3. The monoisotopic (exact) mass is 246 g/mol. The molecule has 1 aromatic carbocycles. The Morgan fingerprint density at radius 1 is 1.14 bits per heavy atom. The number of halogens is 2. The lowest BCUT2D eigenvalue weighted by Crippen LogP contribution is -2.29. The molecular weight excluding hydrogens is 242 g/mol. The van der Waals surface area contributed by atoms with Crippen LogP contribution in [0.2, 0.25) is 9.36 Å². The minimum Gasteiger partial charge on any atom is -0.423 e. The zero-order chi connectivity index (χ0) is 10.3. The minimum atomic E-state index is -1.50. The van der Waals surface area contributed by atoms with Gasteiger partial charge < -0.3 is 10.0 Å². The highest BCUT2D eigenvalue weighted by molar-refractivity contribution is 7.22. The largest absolute Gasteiger partial charge is 0.488 e. The Morgan fingerprint density at radius 3 is 2.50 bits per heavy atom. The number of fused-ring (bicyclic) bond motifs is 1. The summed E-state index contributed by atoms with van der Waals surface area (Å²) in [6.07, 6.45) is 0. The standard InChI is InChI=1S/C8H5BCl2O2S/c10-6-1-4(9(12)13)2-7-5(6)3-8(11)14-7/h1-3,12-13H. The lowest BCUT2D eigenvalue weighted by Gasteiger charge is -2.00. The van der Waals surface area contributed by atoms with E-state index in [4.69, 9.17) is 33.2 Å². The summed E-state index contributed by atoms with van der Waals surface area (Å²) < 4.78 is 1.48. The average Bonchev–Trinajstić information content (AvgIpc) is 2.45. The molecule has 2 nitrogen and oxygen atoms in total. The zero-order valence-electron chi connectivity index (χ0n) is 6.87. The van der Waals surface area contributed by atoms with E-state index in [1.54, 1.807) is 12.1 Å². The second-order valence-corrected chi connectivity index (χ2v) is 4.96. The van der Waals surface area contributed by atoms with E-state index in [0.717, 1.165) is 10.1 Å². The first kappa shape index (κ1) is 10.3. The zero-order valence-corrected chi connectivity index (χ0v) is 9.20. The summed E-state index contributed by atoms with van der Waals surface area (Å²) in [6.45, 7) is 0. The van der Waals surface area contributed by atoms with Crippen LogP contribution in [0.15, 0.2) is 18.2 Å². The predicted octanol–water partition coefficient (Wildman–Crippen LogP) is 1.89. The number of thiophene rings is 1. The second kappa shape index (κ2) is 3.72. The fourth-order valence-electron chi connectivity index (χ4n) is 1.23. The van der Waals surface area contributed by atoms with Crippen molar-refractivity contribution in [2.75, 3.05) is 0 Å². The first-order valence-electron chi connectivity index (χ1n) is 3.82. The van der Waals surface area contributed by atoms with Gasteiger partial charge in [-0.3, -0.25) is 0 Å². The third-order valence-corrected chi connectivity index (χ3v) is 3.40. The summed E-state index contributed by atoms with van der Waals surface area (Å²) in [6, 6.07) is 4.96. The Labute approximate surface area is 94.8 Å². The van der Waals surface area contributed by atoms with E-state index >= 15 is 0 Å². The molecule has 0 spiro atoms. The fraction of sp³-hybridized carbons (Fsp3) is 0. The van der Waals surface area contributed by atoms with E-state index < -0.39 is 7.12 Å². The molecule has 6 heteroatoms. The van der Waals surface area contributed by atoms with Crippen molar-refractivity contribution in [3.8, 4) is 0 Å². The van der Waals surface area contributed by atoms with Crippen molar-refractivity contribution in [2.45, 2.75) is 0 Å². The quantitative estimate of drug-likeness (QED) is 0.755. The van der Waals surface area contributed by atoms with E-state index in [2.05, 4.69) is 0 Å². The van der Waals surface area contributed by atoms with Crippen LogP contribution < -0.4 is 5.46 Å². The van der Waals surface area contributed by atoms with E-state index in [-0.39, 0.29) is 0 Å². The number of hydrogen-bond donors (Lipinski definition) is 2. The van der Waals surface area contributed by atoms with Gasteiger partial charge in [-0.25, -0.2) is 0 Å². The van der Waals surface area contributed by atoms with Gasteiger partial charge in [-0.05, 0) is 23.7 Å². The van der Waals surface area contributed by atoms with Gasteiger partial charge in [0.25, 0.3) is 0 Å². The molecule has 2 aromatic rings. The smallest absolute Gasteiger partial charge is 0.423 e. The summed E-state index contributed by atoms with van der Waals surface area (Å²) in [5.74, 6) is 0. The van der Waals surface area contributed by atoms with E-state index in [0.29, 0.717) is 14.8 Å². The van der Waals surface area contributed by atoms with Gasteiger partial charge >= 0.3 is 7.12 Å². The van der Waals surface area contributed by atoms with Gasteiger partial charge in [0.1, 0.15) is 0 Å². The number of rotatable bonds is 1. The van der Waals surface area contributed by atoms with Crippen molar-refractivity contribution in [3.05, 3.63) is 27.6 Å². The third-order valence-electron chi connectivity index (χ3n) is 1.88. The van der Waals surface area contributed by atoms with Gasteiger partial charge in [0.15, 0.2) is 0 Å². The van der Waals surface area contributed by atoms with E-state index in [1.165, 1.54) is 17.4 Å². The average molecular weight is 247 g/mol. The molecule has 0 amide bonds. The van der Waals surface area contributed by atoms with Crippen LogP contribution in [0.5, 0.6) is 0 Å². The van der Waals surface area contributed by atoms with Gasteiger partial charge in [-0.1, -0.05) is 23.2 Å². The molecule has 14 heavy (non-hydrogen) atoms. The van der Waals surface area contributed by atoms with Crippen molar-refractivity contribution in [3.63, 3.8) is 0 Å². The highest BCUT2D eigenvalue weighted by atomic mass is 35.5. The molecule has 1 heterocycles. The van der Waals surface area contributed by atoms with Crippen LogP contribution in [0.25, 0.3) is 10.1 Å². The predicted molar refractivity (Wildman–Crippen MR) is 61.7 cm³/mol. The maximum Gasteiger partial charge on any atom is 0.488 e. The lowest BCUT2D eigenvalue weighted by molar-refractivity contribution is 0.426. The van der Waals surface area contributed by atoms with Crippen LogP contribution in [0, 0.1) is 0 Å². The molecule has 2 rings (SSSR count). The molecule has 0 radical (unpaired) electrons. The van der Waals surface area contributed by atoms with Crippen LogP contribution in [0.3, 0.4) is 0 Å². The molecule has 0 aliphatic carbocycles. The molecule has 0 atom stereocenters. The molecule has 0 aliphatic heterocycles. The molecule has 0 saturated carbocycles. The molecule has 0 aliphatic rings. The molecule has 0 unspecified atom stereocenters.